The number of halogens is 4. The number of nitrogens with zero attached hydrogens (tertiary/aromatic N) is 6. The second-order valence-corrected chi connectivity index (χ2v) is 14.4. The predicted octanol–water partition coefficient (Wildman–Crippen LogP) is 6.61. The van der Waals surface area contributed by atoms with E-state index in [2.05, 4.69) is 31.7 Å². The summed E-state index contributed by atoms with van der Waals surface area (Å²) in [6, 6.07) is 8.34. The van der Waals surface area contributed by atoms with Crippen molar-refractivity contribution in [2.75, 3.05) is 63.3 Å². The zero-order valence-electron chi connectivity index (χ0n) is 30.1. The van der Waals surface area contributed by atoms with Gasteiger partial charge in [0.15, 0.2) is 11.6 Å². The van der Waals surface area contributed by atoms with Crippen molar-refractivity contribution in [3.05, 3.63) is 70.9 Å². The zero-order chi connectivity index (χ0) is 39.4. The Morgan fingerprint density at radius 1 is 1.25 bits per heavy atom. The van der Waals surface area contributed by atoms with Crippen LogP contribution in [0.1, 0.15) is 36.4 Å². The minimum atomic E-state index is -0.821. The molecule has 5 N–H and O–H groups in total. The van der Waals surface area contributed by atoms with E-state index >= 15 is 4.39 Å². The Labute approximate surface area is 324 Å². The molecular formula is C38H39ClF3N9O3S. The fraction of sp³-hybridized carbons (Fsp3) is 0.342. The number of pyridine rings is 1. The molecule has 5 aromatic rings. The Hall–Kier alpha value is -5.21. The lowest BCUT2D eigenvalue weighted by Crippen LogP contribution is -2.38. The molecule has 0 amide bonds. The van der Waals surface area contributed by atoms with E-state index < -0.39 is 17.8 Å². The lowest BCUT2D eigenvalue weighted by Gasteiger charge is -2.32. The fourth-order valence-electron chi connectivity index (χ4n) is 7.39. The Morgan fingerprint density at radius 3 is 2.71 bits per heavy atom. The van der Waals surface area contributed by atoms with Crippen molar-refractivity contribution in [2.24, 2.45) is 0 Å². The topological polar surface area (TPSA) is 169 Å². The van der Waals surface area contributed by atoms with Crippen LogP contribution in [0, 0.1) is 23.0 Å². The number of benzene rings is 2. The van der Waals surface area contributed by atoms with E-state index in [1.54, 1.807) is 19.3 Å². The summed E-state index contributed by atoms with van der Waals surface area (Å²) in [4.78, 5) is 26.5. The van der Waals surface area contributed by atoms with E-state index in [4.69, 9.17) is 37.3 Å². The average Bonchev–Trinajstić information content (AvgIpc) is 3.83. The number of ether oxygens (including phenoxy) is 2. The first kappa shape index (κ1) is 39.5. The summed E-state index contributed by atoms with van der Waals surface area (Å²) >= 11 is 7.84. The van der Waals surface area contributed by atoms with Gasteiger partial charge in [-0.1, -0.05) is 30.3 Å². The number of nitriles is 1. The van der Waals surface area contributed by atoms with Crippen molar-refractivity contribution in [1.29, 1.82) is 5.26 Å². The number of fused-ring (bicyclic) bond motifs is 2. The van der Waals surface area contributed by atoms with Crippen molar-refractivity contribution in [2.45, 2.75) is 37.5 Å². The number of methoxy groups -OCH3 is 1. The van der Waals surface area contributed by atoms with Crippen LogP contribution in [0.2, 0.25) is 5.02 Å². The molecule has 2 fully saturated rings. The van der Waals surface area contributed by atoms with Gasteiger partial charge in [-0.2, -0.15) is 15.2 Å². The first-order valence-corrected chi connectivity index (χ1v) is 18.6. The third-order valence-corrected chi connectivity index (χ3v) is 11.1. The molecule has 288 valence electrons. The van der Waals surface area contributed by atoms with Crippen LogP contribution in [0.15, 0.2) is 43.1 Å². The Bertz CT molecular complexity index is 2270. The highest BCUT2D eigenvalue weighted by atomic mass is 35.5. The number of rotatable bonds is 7. The second-order valence-electron chi connectivity index (χ2n) is 12.9. The third kappa shape index (κ3) is 7.57. The number of likely N-dealkylation sites (N-methyl/N-ethyl adjacent to an activating group) is 1. The Kier molecular flexibility index (Phi) is 12.3. The molecule has 55 heavy (non-hydrogen) atoms. The minimum Gasteiger partial charge on any atom is -0.489 e. The number of nitrogens with two attached hydrogens (primary N) is 2. The van der Waals surface area contributed by atoms with Gasteiger partial charge in [0.1, 0.15) is 53.1 Å². The number of allylic oxidation sites excluding steroid dienone is 1. The molecule has 0 saturated carbocycles. The third-order valence-electron chi connectivity index (χ3n) is 9.73. The number of aldehydes is 1. The molecule has 17 heteroatoms. The van der Waals surface area contributed by atoms with E-state index in [1.807, 2.05) is 17.0 Å². The molecule has 2 aromatic carbocycles. The van der Waals surface area contributed by atoms with Gasteiger partial charge in [-0.25, -0.2) is 18.2 Å². The standard InChI is InChI=1S/C28H23ClF2N8O2S.C7H12FN.C3H4O/c1-35-11-16(12-4-3-7-36-25(12)33)39-8-9-41-23-19-22(37-28(40-2)38-27(19)39)21(31)18(20(23)29)13-5-6-15(30)24-17(13)14(10-32)26(34)42-24;8-6-4-7-2-1-3-9(7)5-6;1-2-3-4/h3-7,16,35H,8-9,11,34H2,1-2H3,(H2,33,36);6-7H,1-5H2;2-3H,1H2. The maximum absolute atomic E-state index is 16.8. The molecular weight excluding hydrogens is 755 g/mol. The Balaban J connectivity index is 0.000000334. The summed E-state index contributed by atoms with van der Waals surface area (Å²) in [5.74, 6) is -0.611. The zero-order valence-corrected chi connectivity index (χ0v) is 31.7. The quantitative estimate of drug-likeness (QED) is 0.119. The number of alkyl halides is 1. The molecule has 0 bridgehead atoms. The van der Waals surface area contributed by atoms with Crippen LogP contribution in [0.4, 0.5) is 29.8 Å². The molecule has 12 nitrogen and oxygen atoms in total. The molecule has 3 aliphatic rings. The van der Waals surface area contributed by atoms with Crippen molar-refractivity contribution in [1.82, 2.24) is 25.2 Å². The lowest BCUT2D eigenvalue weighted by atomic mass is 9.96. The lowest BCUT2D eigenvalue weighted by molar-refractivity contribution is -0.104. The molecule has 6 heterocycles. The largest absolute Gasteiger partial charge is 0.489 e. The molecule has 3 atom stereocenters. The normalized spacial score (nSPS) is 17.9. The van der Waals surface area contributed by atoms with Crippen LogP contribution in [0.3, 0.4) is 0 Å². The summed E-state index contributed by atoms with van der Waals surface area (Å²) in [7, 11) is 3.18. The maximum Gasteiger partial charge on any atom is 0.318 e. The van der Waals surface area contributed by atoms with E-state index in [-0.39, 0.29) is 72.1 Å². The minimum absolute atomic E-state index is 0.0305. The van der Waals surface area contributed by atoms with Gasteiger partial charge in [-0.3, -0.25) is 9.69 Å². The van der Waals surface area contributed by atoms with Gasteiger partial charge in [0, 0.05) is 41.8 Å². The molecule has 3 aliphatic heterocycles. The predicted molar refractivity (Wildman–Crippen MR) is 209 cm³/mol. The highest BCUT2D eigenvalue weighted by Gasteiger charge is 2.36. The number of thiophene rings is 1. The van der Waals surface area contributed by atoms with Crippen LogP contribution >= 0.6 is 22.9 Å². The van der Waals surface area contributed by atoms with E-state index in [1.165, 1.54) is 38.2 Å². The SMILES string of the molecule is C=CC=O.CNCC(c1cccnc1N)N1CCOc2c(Cl)c(-c3ccc(F)c4sc(N)c(C#N)c34)c(F)c3nc(OC)nc1c23.FC1CC2CCCN2C1. The first-order chi connectivity index (χ1) is 26.6. The van der Waals surface area contributed by atoms with Crippen molar-refractivity contribution < 1.29 is 27.4 Å². The molecule has 0 spiro atoms. The monoisotopic (exact) mass is 793 g/mol. The number of anilines is 3. The number of hydrogen-bond acceptors (Lipinski definition) is 13. The Morgan fingerprint density at radius 2 is 2.04 bits per heavy atom. The van der Waals surface area contributed by atoms with Crippen LogP contribution in [0.25, 0.3) is 32.1 Å². The molecule has 3 aromatic heterocycles. The van der Waals surface area contributed by atoms with Gasteiger partial charge in [0.2, 0.25) is 0 Å². The summed E-state index contributed by atoms with van der Waals surface area (Å²) in [6.07, 6.45) is 6.25. The highest BCUT2D eigenvalue weighted by molar-refractivity contribution is 7.23. The molecule has 0 aliphatic carbocycles. The van der Waals surface area contributed by atoms with Gasteiger partial charge in [0.25, 0.3) is 0 Å². The molecule has 2 saturated heterocycles. The summed E-state index contributed by atoms with van der Waals surface area (Å²) in [6.45, 7) is 5.87. The number of carbonyl (C=O) groups is 1. The maximum atomic E-state index is 16.8. The summed E-state index contributed by atoms with van der Waals surface area (Å²) < 4.78 is 55.9. The van der Waals surface area contributed by atoms with Gasteiger partial charge in [0.05, 0.1) is 40.4 Å². The highest BCUT2D eigenvalue weighted by Crippen LogP contribution is 2.51. The number of aromatic nitrogens is 3. The number of nitrogens with one attached hydrogen (secondary N) is 1. The first-order valence-electron chi connectivity index (χ1n) is 17.4. The number of hydrogen-bond donors (Lipinski definition) is 3. The molecule has 0 radical (unpaired) electrons. The van der Waals surface area contributed by atoms with E-state index in [0.29, 0.717) is 43.6 Å². The van der Waals surface area contributed by atoms with Crippen molar-refractivity contribution in [3.8, 4) is 29.0 Å². The van der Waals surface area contributed by atoms with Gasteiger partial charge < -0.3 is 31.2 Å². The van der Waals surface area contributed by atoms with Gasteiger partial charge in [-0.05, 0) is 56.6 Å². The van der Waals surface area contributed by atoms with E-state index in [0.717, 1.165) is 29.9 Å². The van der Waals surface area contributed by atoms with Crippen LogP contribution in [-0.4, -0.2) is 85.3 Å². The summed E-state index contributed by atoms with van der Waals surface area (Å²) in [5, 5.41) is 13.4. The smallest absolute Gasteiger partial charge is 0.318 e. The fourth-order valence-corrected chi connectivity index (χ4v) is 8.67. The van der Waals surface area contributed by atoms with Crippen LogP contribution < -0.4 is 31.2 Å². The molecule has 8 rings (SSSR count). The second kappa shape index (κ2) is 17.1. The van der Waals surface area contributed by atoms with Crippen LogP contribution in [-0.2, 0) is 4.79 Å². The average molecular weight is 794 g/mol. The van der Waals surface area contributed by atoms with Crippen molar-refractivity contribution in [3.63, 3.8) is 0 Å². The van der Waals surface area contributed by atoms with Gasteiger partial charge in [-0.15, -0.1) is 11.3 Å². The number of nitrogen functional groups attached to an aromatic ring is 2. The van der Waals surface area contributed by atoms with Crippen LogP contribution in [0.5, 0.6) is 11.8 Å². The van der Waals surface area contributed by atoms with Crippen molar-refractivity contribution >= 4 is 66.8 Å². The van der Waals surface area contributed by atoms with E-state index in [9.17, 15) is 14.0 Å². The number of carbonyl (C=O) groups excluding carboxylic acids is 1. The molecule has 3 unspecified atom stereocenters. The summed E-state index contributed by atoms with van der Waals surface area (Å²) in [5.41, 5.74) is 13.0. The van der Waals surface area contributed by atoms with Gasteiger partial charge >= 0.3 is 6.01 Å².